The van der Waals surface area contributed by atoms with Crippen LogP contribution in [0, 0.1) is 6.92 Å². The van der Waals surface area contributed by atoms with E-state index >= 15 is 0 Å². The van der Waals surface area contributed by atoms with Gasteiger partial charge in [-0.2, -0.15) is 4.98 Å². The van der Waals surface area contributed by atoms with Crippen molar-refractivity contribution in [2.24, 2.45) is 0 Å². The predicted molar refractivity (Wildman–Crippen MR) is 57.8 cm³/mol. The van der Waals surface area contributed by atoms with Gasteiger partial charge in [-0.05, 0) is 36.6 Å². The van der Waals surface area contributed by atoms with Crippen LogP contribution in [0.15, 0.2) is 22.7 Å². The Bertz CT molecular complexity index is 519. The Hall–Kier alpha value is -1.68. The Labute approximate surface area is 93.2 Å². The first kappa shape index (κ1) is 9.54. The number of aromatic nitrogens is 2. The second kappa shape index (κ2) is 3.72. The van der Waals surface area contributed by atoms with Crippen molar-refractivity contribution < 1.29 is 9.26 Å². The minimum absolute atomic E-state index is 0.590. The first-order valence-electron chi connectivity index (χ1n) is 5.33. The van der Waals surface area contributed by atoms with Gasteiger partial charge in [0.05, 0.1) is 13.2 Å². The molecule has 1 aromatic carbocycles. The van der Waals surface area contributed by atoms with Crippen LogP contribution in [0.2, 0.25) is 0 Å². The average Bonchev–Trinajstić information content (AvgIpc) is 2.75. The molecule has 0 aliphatic carbocycles. The minimum atomic E-state index is 0.590. The van der Waals surface area contributed by atoms with Gasteiger partial charge in [0.15, 0.2) is 5.82 Å². The number of aryl methyl sites for hydroxylation is 1. The van der Waals surface area contributed by atoms with Crippen molar-refractivity contribution in [2.75, 3.05) is 6.61 Å². The largest absolute Gasteiger partial charge is 0.376 e. The van der Waals surface area contributed by atoms with Crippen LogP contribution in [0.1, 0.15) is 17.0 Å². The van der Waals surface area contributed by atoms with Crippen LogP contribution in [-0.4, -0.2) is 16.7 Å². The van der Waals surface area contributed by atoms with Crippen molar-refractivity contribution in [3.8, 4) is 11.5 Å². The summed E-state index contributed by atoms with van der Waals surface area (Å²) in [5.41, 5.74) is 3.56. The smallest absolute Gasteiger partial charge is 0.257 e. The summed E-state index contributed by atoms with van der Waals surface area (Å²) in [7, 11) is 0. The van der Waals surface area contributed by atoms with Gasteiger partial charge in [0, 0.05) is 5.56 Å². The van der Waals surface area contributed by atoms with Crippen molar-refractivity contribution in [1.82, 2.24) is 10.1 Å². The standard InChI is InChI=1S/C12H12N2O2/c1-8-13-12(16-14-8)10-2-3-11-7-15-5-4-9(11)6-10/h2-3,6H,4-5,7H2,1H3. The maximum Gasteiger partial charge on any atom is 0.257 e. The minimum Gasteiger partial charge on any atom is -0.376 e. The molecule has 0 N–H and O–H groups in total. The Morgan fingerprint density at radius 3 is 3.00 bits per heavy atom. The van der Waals surface area contributed by atoms with E-state index in [1.807, 2.05) is 13.0 Å². The molecule has 4 nitrogen and oxygen atoms in total. The van der Waals surface area contributed by atoms with E-state index in [0.717, 1.165) is 18.6 Å². The zero-order valence-electron chi connectivity index (χ0n) is 9.06. The van der Waals surface area contributed by atoms with E-state index < -0.39 is 0 Å². The molecule has 2 heterocycles. The molecule has 0 bridgehead atoms. The summed E-state index contributed by atoms with van der Waals surface area (Å²) in [6, 6.07) is 6.19. The molecular formula is C12H12N2O2. The van der Waals surface area contributed by atoms with Crippen LogP contribution in [0.3, 0.4) is 0 Å². The molecule has 0 radical (unpaired) electrons. The highest BCUT2D eigenvalue weighted by Crippen LogP contribution is 2.24. The maximum atomic E-state index is 5.39. The van der Waals surface area contributed by atoms with Gasteiger partial charge in [0.25, 0.3) is 5.89 Å². The highest BCUT2D eigenvalue weighted by atomic mass is 16.5. The summed E-state index contributed by atoms with van der Waals surface area (Å²) in [5, 5.41) is 3.79. The summed E-state index contributed by atoms with van der Waals surface area (Å²) in [5.74, 6) is 1.25. The fourth-order valence-corrected chi connectivity index (χ4v) is 1.91. The van der Waals surface area contributed by atoms with Crippen molar-refractivity contribution in [1.29, 1.82) is 0 Å². The topological polar surface area (TPSA) is 48.2 Å². The highest BCUT2D eigenvalue weighted by molar-refractivity contribution is 5.55. The lowest BCUT2D eigenvalue weighted by molar-refractivity contribution is 0.111. The lowest BCUT2D eigenvalue weighted by Gasteiger charge is -2.16. The summed E-state index contributed by atoms with van der Waals surface area (Å²) in [6.45, 7) is 3.32. The number of hydrogen-bond acceptors (Lipinski definition) is 4. The molecule has 0 atom stereocenters. The molecule has 1 aliphatic heterocycles. The molecule has 0 fully saturated rings. The second-order valence-corrected chi connectivity index (χ2v) is 3.93. The Balaban J connectivity index is 2.02. The average molecular weight is 216 g/mol. The first-order valence-corrected chi connectivity index (χ1v) is 5.33. The number of ether oxygens (including phenoxy) is 1. The third-order valence-corrected chi connectivity index (χ3v) is 2.75. The molecule has 0 amide bonds. The van der Waals surface area contributed by atoms with Crippen molar-refractivity contribution in [3.63, 3.8) is 0 Å². The second-order valence-electron chi connectivity index (χ2n) is 3.93. The number of benzene rings is 1. The molecule has 1 aliphatic rings. The molecule has 2 aromatic rings. The molecule has 0 saturated heterocycles. The molecular weight excluding hydrogens is 204 g/mol. The monoisotopic (exact) mass is 216 g/mol. The third-order valence-electron chi connectivity index (χ3n) is 2.75. The van der Waals surface area contributed by atoms with Gasteiger partial charge >= 0.3 is 0 Å². The molecule has 4 heteroatoms. The molecule has 82 valence electrons. The van der Waals surface area contributed by atoms with Crippen LogP contribution < -0.4 is 0 Å². The quantitative estimate of drug-likeness (QED) is 0.732. The van der Waals surface area contributed by atoms with Crippen molar-refractivity contribution in [2.45, 2.75) is 20.0 Å². The molecule has 0 unspecified atom stereocenters. The van der Waals surface area contributed by atoms with E-state index in [0.29, 0.717) is 18.3 Å². The predicted octanol–water partition coefficient (Wildman–Crippen LogP) is 2.12. The maximum absolute atomic E-state index is 5.39. The SMILES string of the molecule is Cc1noc(-c2ccc3c(c2)CCOC3)n1. The molecule has 1 aromatic heterocycles. The fourth-order valence-electron chi connectivity index (χ4n) is 1.91. The van der Waals surface area contributed by atoms with Gasteiger partial charge in [0.2, 0.25) is 0 Å². The molecule has 0 spiro atoms. The van der Waals surface area contributed by atoms with Crippen LogP contribution in [-0.2, 0) is 17.8 Å². The first-order chi connectivity index (χ1) is 7.83. The van der Waals surface area contributed by atoms with Crippen molar-refractivity contribution >= 4 is 0 Å². The molecule has 0 saturated carbocycles. The summed E-state index contributed by atoms with van der Waals surface area (Å²) < 4.78 is 10.5. The molecule has 16 heavy (non-hydrogen) atoms. The van der Waals surface area contributed by atoms with Gasteiger partial charge in [0.1, 0.15) is 0 Å². The fraction of sp³-hybridized carbons (Fsp3) is 0.333. The van der Waals surface area contributed by atoms with Gasteiger partial charge < -0.3 is 9.26 Å². The lowest BCUT2D eigenvalue weighted by Crippen LogP contribution is -2.09. The van der Waals surface area contributed by atoms with Gasteiger partial charge in [-0.15, -0.1) is 0 Å². The Morgan fingerprint density at radius 2 is 2.19 bits per heavy atom. The number of rotatable bonds is 1. The number of nitrogens with zero attached hydrogens (tertiary/aromatic N) is 2. The van der Waals surface area contributed by atoms with Gasteiger partial charge in [-0.1, -0.05) is 11.2 Å². The summed E-state index contributed by atoms with van der Waals surface area (Å²) in [6.07, 6.45) is 0.955. The van der Waals surface area contributed by atoms with Crippen LogP contribution in [0.25, 0.3) is 11.5 Å². The normalized spacial score (nSPS) is 14.8. The lowest BCUT2D eigenvalue weighted by atomic mass is 10.0. The molecule has 3 rings (SSSR count). The van der Waals surface area contributed by atoms with Gasteiger partial charge in [-0.3, -0.25) is 0 Å². The zero-order chi connectivity index (χ0) is 11.0. The van der Waals surface area contributed by atoms with Gasteiger partial charge in [-0.25, -0.2) is 0 Å². The van der Waals surface area contributed by atoms with E-state index in [4.69, 9.17) is 9.26 Å². The number of hydrogen-bond donors (Lipinski definition) is 0. The Kier molecular flexibility index (Phi) is 2.22. The van der Waals surface area contributed by atoms with E-state index in [-0.39, 0.29) is 0 Å². The van der Waals surface area contributed by atoms with Crippen LogP contribution in [0.5, 0.6) is 0 Å². The van der Waals surface area contributed by atoms with E-state index in [9.17, 15) is 0 Å². The third kappa shape index (κ3) is 1.61. The highest BCUT2D eigenvalue weighted by Gasteiger charge is 2.12. The summed E-state index contributed by atoms with van der Waals surface area (Å²) in [4.78, 5) is 4.22. The summed E-state index contributed by atoms with van der Waals surface area (Å²) >= 11 is 0. The zero-order valence-corrected chi connectivity index (χ0v) is 9.06. The van der Waals surface area contributed by atoms with Crippen LogP contribution >= 0.6 is 0 Å². The van der Waals surface area contributed by atoms with E-state index in [2.05, 4.69) is 22.3 Å². The van der Waals surface area contributed by atoms with E-state index in [1.165, 1.54) is 11.1 Å². The number of fused-ring (bicyclic) bond motifs is 1. The Morgan fingerprint density at radius 1 is 1.25 bits per heavy atom. The van der Waals surface area contributed by atoms with Crippen LogP contribution in [0.4, 0.5) is 0 Å². The van der Waals surface area contributed by atoms with E-state index in [1.54, 1.807) is 0 Å². The van der Waals surface area contributed by atoms with Crippen molar-refractivity contribution in [3.05, 3.63) is 35.2 Å².